The molecule has 43 heavy (non-hydrogen) atoms. The summed E-state index contributed by atoms with van der Waals surface area (Å²) in [6.07, 6.45) is -1.21. The molecule has 0 aromatic heterocycles. The van der Waals surface area contributed by atoms with Crippen molar-refractivity contribution in [3.8, 4) is 0 Å². The Balaban J connectivity index is 1.56. The first kappa shape index (κ1) is 31.3. The van der Waals surface area contributed by atoms with E-state index in [2.05, 4.69) is 10.6 Å². The molecule has 1 atom stereocenters. The summed E-state index contributed by atoms with van der Waals surface area (Å²) in [5, 5.41) is 13.4. The number of hydrogen-bond acceptors (Lipinski definition) is 4. The number of nitrogens with zero attached hydrogens (tertiary/aromatic N) is 1. The fourth-order valence-electron chi connectivity index (χ4n) is 5.04. The molecule has 8 nitrogen and oxygen atoms in total. The number of rotatable bonds is 9. The Hall–Kier alpha value is -4.61. The number of alkyl halides is 4. The van der Waals surface area contributed by atoms with Gasteiger partial charge in [0.15, 0.2) is 0 Å². The normalized spacial score (nSPS) is 14.5. The van der Waals surface area contributed by atoms with Crippen molar-refractivity contribution in [1.29, 1.82) is 0 Å². The van der Waals surface area contributed by atoms with Crippen molar-refractivity contribution in [2.45, 2.75) is 56.9 Å². The molecular weight excluding hydrogens is 568 g/mol. The molecule has 1 aliphatic carbocycles. The highest BCUT2D eigenvalue weighted by molar-refractivity contribution is 6.02. The fraction of sp³-hybridized carbons (Fsp3) is 0.323. The summed E-state index contributed by atoms with van der Waals surface area (Å²) in [5.74, 6) is -1.93. The summed E-state index contributed by atoms with van der Waals surface area (Å²) in [6.45, 7) is -0.697. The van der Waals surface area contributed by atoms with Crippen molar-refractivity contribution in [2.24, 2.45) is 0 Å². The maximum atomic E-state index is 13.5. The number of urea groups is 1. The molecule has 228 valence electrons. The molecule has 1 unspecified atom stereocenters. The number of carboxylic acid groups (broad SMARTS) is 1. The van der Waals surface area contributed by atoms with E-state index in [1.54, 1.807) is 24.3 Å². The SMILES string of the molecule is Nc1cc(NC(=O)N(Cc2ccc(C(=O)NCC(F)C(=O)O)cc2)c2ccc(C3CCCCC3)cc2)cc(C(F)(F)F)c1. The highest BCUT2D eigenvalue weighted by Gasteiger charge is 2.31. The molecule has 0 saturated heterocycles. The number of carbonyl (C=O) groups is 3. The first-order valence-electron chi connectivity index (χ1n) is 13.8. The van der Waals surface area contributed by atoms with E-state index >= 15 is 0 Å². The van der Waals surface area contributed by atoms with Gasteiger partial charge in [-0.3, -0.25) is 9.69 Å². The quantitative estimate of drug-likeness (QED) is 0.160. The number of anilines is 3. The largest absolute Gasteiger partial charge is 0.479 e. The van der Waals surface area contributed by atoms with Crippen LogP contribution in [0.25, 0.3) is 0 Å². The van der Waals surface area contributed by atoms with E-state index in [0.29, 0.717) is 17.2 Å². The van der Waals surface area contributed by atoms with Crippen molar-refractivity contribution < 1.29 is 37.1 Å². The number of amides is 3. The predicted octanol–water partition coefficient (Wildman–Crippen LogP) is 6.73. The molecule has 1 saturated carbocycles. The second-order valence-corrected chi connectivity index (χ2v) is 10.5. The molecular formula is C31H32F4N4O4. The lowest BCUT2D eigenvalue weighted by Gasteiger charge is -2.26. The average molecular weight is 601 g/mol. The molecule has 12 heteroatoms. The van der Waals surface area contributed by atoms with Crippen LogP contribution in [0.4, 0.5) is 39.4 Å². The first-order chi connectivity index (χ1) is 20.4. The van der Waals surface area contributed by atoms with Crippen LogP contribution in [0.2, 0.25) is 0 Å². The number of benzene rings is 3. The molecule has 0 heterocycles. The number of nitrogen functional groups attached to an aromatic ring is 1. The minimum Gasteiger partial charge on any atom is -0.479 e. The smallest absolute Gasteiger partial charge is 0.416 e. The van der Waals surface area contributed by atoms with Crippen LogP contribution in [-0.2, 0) is 17.5 Å². The van der Waals surface area contributed by atoms with Gasteiger partial charge in [0, 0.05) is 22.6 Å². The Morgan fingerprint density at radius 3 is 2.21 bits per heavy atom. The number of hydrogen-bond donors (Lipinski definition) is 4. The van der Waals surface area contributed by atoms with Gasteiger partial charge in [-0.2, -0.15) is 13.2 Å². The van der Waals surface area contributed by atoms with Crippen LogP contribution in [-0.4, -0.2) is 35.7 Å². The standard InChI is InChI=1S/C31H32F4N4O4/c32-27(29(41)42)17-37-28(40)22-8-6-19(7-9-22)18-39(26-12-10-21(11-13-26)20-4-2-1-3-5-20)30(43)38-25-15-23(31(33,34)35)14-24(36)16-25/h6-16,20,27H,1-5,17-18,36H2,(H,37,40)(H,38,43)(H,41,42). The van der Waals surface area contributed by atoms with E-state index in [4.69, 9.17) is 10.8 Å². The van der Waals surface area contributed by atoms with Crippen LogP contribution in [0.3, 0.4) is 0 Å². The lowest BCUT2D eigenvalue weighted by Crippen LogP contribution is -2.35. The van der Waals surface area contributed by atoms with E-state index in [1.165, 1.54) is 29.5 Å². The maximum Gasteiger partial charge on any atom is 0.416 e. The number of nitrogens with two attached hydrogens (primary N) is 1. The summed E-state index contributed by atoms with van der Waals surface area (Å²) < 4.78 is 53.4. The van der Waals surface area contributed by atoms with Gasteiger partial charge in [-0.05, 0) is 72.4 Å². The Bertz CT molecular complexity index is 1440. The molecule has 3 amide bonds. The van der Waals surface area contributed by atoms with E-state index in [-0.39, 0.29) is 23.5 Å². The monoisotopic (exact) mass is 600 g/mol. The molecule has 3 aromatic carbocycles. The maximum absolute atomic E-state index is 13.5. The summed E-state index contributed by atoms with van der Waals surface area (Å²) in [7, 11) is 0. The zero-order valence-electron chi connectivity index (χ0n) is 23.2. The molecule has 5 N–H and O–H groups in total. The molecule has 0 aliphatic heterocycles. The van der Waals surface area contributed by atoms with E-state index < -0.39 is 42.4 Å². The molecule has 1 aliphatic rings. The summed E-state index contributed by atoms with van der Waals surface area (Å²) in [5.41, 5.74) is 6.78. The Labute approximate surface area is 245 Å². The topological polar surface area (TPSA) is 125 Å². The molecule has 0 radical (unpaired) electrons. The zero-order valence-corrected chi connectivity index (χ0v) is 23.2. The van der Waals surface area contributed by atoms with Gasteiger partial charge in [0.05, 0.1) is 18.7 Å². The van der Waals surface area contributed by atoms with Crippen LogP contribution in [0, 0.1) is 0 Å². The van der Waals surface area contributed by atoms with Crippen molar-refractivity contribution >= 4 is 35.0 Å². The van der Waals surface area contributed by atoms with E-state index in [0.717, 1.165) is 43.4 Å². The number of carboxylic acids is 1. The number of nitrogens with one attached hydrogen (secondary N) is 2. The second kappa shape index (κ2) is 13.6. The minimum absolute atomic E-state index is 0.00345. The Morgan fingerprint density at radius 1 is 0.953 bits per heavy atom. The number of aliphatic carboxylic acids is 1. The van der Waals surface area contributed by atoms with Gasteiger partial charge in [0.25, 0.3) is 5.91 Å². The molecule has 3 aromatic rings. The highest BCUT2D eigenvalue weighted by Crippen LogP contribution is 2.35. The number of carbonyl (C=O) groups excluding carboxylic acids is 2. The minimum atomic E-state index is -4.66. The van der Waals surface area contributed by atoms with Crippen LogP contribution >= 0.6 is 0 Å². The van der Waals surface area contributed by atoms with E-state index in [9.17, 15) is 31.9 Å². The van der Waals surface area contributed by atoms with Gasteiger partial charge >= 0.3 is 18.2 Å². The van der Waals surface area contributed by atoms with Crippen LogP contribution < -0.4 is 21.3 Å². The van der Waals surface area contributed by atoms with Crippen molar-refractivity contribution in [3.63, 3.8) is 0 Å². The lowest BCUT2D eigenvalue weighted by atomic mass is 9.84. The van der Waals surface area contributed by atoms with Gasteiger partial charge in [0.1, 0.15) is 0 Å². The third kappa shape index (κ3) is 8.46. The molecule has 0 bridgehead atoms. The van der Waals surface area contributed by atoms with Gasteiger partial charge < -0.3 is 21.5 Å². The predicted molar refractivity (Wildman–Crippen MR) is 155 cm³/mol. The van der Waals surface area contributed by atoms with Crippen LogP contribution in [0.5, 0.6) is 0 Å². The van der Waals surface area contributed by atoms with Crippen LogP contribution in [0.15, 0.2) is 66.7 Å². The third-order valence-corrected chi connectivity index (χ3v) is 7.33. The second-order valence-electron chi connectivity index (χ2n) is 10.5. The molecule has 4 rings (SSSR count). The highest BCUT2D eigenvalue weighted by atomic mass is 19.4. The summed E-state index contributed by atoms with van der Waals surface area (Å²) >= 11 is 0. The third-order valence-electron chi connectivity index (χ3n) is 7.33. The summed E-state index contributed by atoms with van der Waals surface area (Å²) in [6, 6.07) is 15.6. The molecule has 1 fully saturated rings. The van der Waals surface area contributed by atoms with Gasteiger partial charge in [-0.1, -0.05) is 43.5 Å². The first-order valence-corrected chi connectivity index (χ1v) is 13.8. The number of halogens is 4. The van der Waals surface area contributed by atoms with Gasteiger partial charge in [-0.25, -0.2) is 14.0 Å². The van der Waals surface area contributed by atoms with Crippen molar-refractivity contribution in [3.05, 3.63) is 89.0 Å². The van der Waals surface area contributed by atoms with E-state index in [1.807, 2.05) is 12.1 Å². The van der Waals surface area contributed by atoms with Gasteiger partial charge in [0.2, 0.25) is 6.17 Å². The fourth-order valence-corrected chi connectivity index (χ4v) is 5.04. The molecule has 0 spiro atoms. The Kier molecular flexibility index (Phi) is 9.89. The summed E-state index contributed by atoms with van der Waals surface area (Å²) in [4.78, 5) is 37.8. The Morgan fingerprint density at radius 2 is 1.60 bits per heavy atom. The lowest BCUT2D eigenvalue weighted by molar-refractivity contribution is -0.142. The van der Waals surface area contributed by atoms with Crippen LogP contribution in [0.1, 0.15) is 65.1 Å². The average Bonchev–Trinajstić information content (AvgIpc) is 2.98. The van der Waals surface area contributed by atoms with Crippen molar-refractivity contribution in [2.75, 3.05) is 22.5 Å². The zero-order chi connectivity index (χ0) is 31.1. The van der Waals surface area contributed by atoms with Gasteiger partial charge in [-0.15, -0.1) is 0 Å². The van der Waals surface area contributed by atoms with Crippen molar-refractivity contribution in [1.82, 2.24) is 5.32 Å².